The van der Waals surface area contributed by atoms with Gasteiger partial charge in [0.05, 0.1) is 4.90 Å². The minimum atomic E-state index is -4.00. The molecule has 27 heavy (non-hydrogen) atoms. The summed E-state index contributed by atoms with van der Waals surface area (Å²) in [6.45, 7) is 22.9. The minimum absolute atomic E-state index is 0. The third kappa shape index (κ3) is 46.1. The molecule has 0 bridgehead atoms. The van der Waals surface area contributed by atoms with Crippen molar-refractivity contribution in [2.24, 2.45) is 0 Å². The van der Waals surface area contributed by atoms with E-state index in [1.165, 1.54) is 37.8 Å². The Morgan fingerprint density at radius 1 is 0.704 bits per heavy atom. The predicted molar refractivity (Wildman–Crippen MR) is 117 cm³/mol. The molecule has 0 heterocycles. The monoisotopic (exact) mass is 442 g/mol. The molecule has 1 aromatic rings. The predicted octanol–water partition coefficient (Wildman–Crippen LogP) is 7.41. The van der Waals surface area contributed by atoms with Gasteiger partial charge >= 0.3 is 17.1 Å². The molecule has 162 valence electrons. The Labute approximate surface area is 182 Å². The van der Waals surface area contributed by atoms with Gasteiger partial charge in [0.2, 0.25) is 0 Å². The van der Waals surface area contributed by atoms with Crippen molar-refractivity contribution in [3.05, 3.63) is 58.0 Å². The van der Waals surface area contributed by atoms with Gasteiger partial charge in [0.15, 0.2) is 0 Å². The summed E-state index contributed by atoms with van der Waals surface area (Å²) >= 11 is 0. The largest absolute Gasteiger partial charge is 4.00 e. The van der Waals surface area contributed by atoms with Crippen molar-refractivity contribution in [2.75, 3.05) is 0 Å². The number of rotatable bonds is 5. The van der Waals surface area contributed by atoms with Crippen molar-refractivity contribution >= 4 is 10.1 Å². The van der Waals surface area contributed by atoms with Gasteiger partial charge in [-0.15, -0.1) is 0 Å². The minimum Gasteiger partial charge on any atom is -0.343 e. The molecule has 1 N–H and O–H groups in total. The third-order valence-electron chi connectivity index (χ3n) is 2.46. The van der Waals surface area contributed by atoms with Gasteiger partial charge in [-0.05, 0) is 12.1 Å². The maximum absolute atomic E-state index is 10.4. The fourth-order valence-corrected chi connectivity index (χ4v) is 1.09. The molecule has 0 spiro atoms. The molecule has 1 rings (SSSR count). The third-order valence-corrected chi connectivity index (χ3v) is 3.32. The number of hydrogen-bond donors (Lipinski definition) is 1. The zero-order valence-electron chi connectivity index (χ0n) is 17.9. The molecule has 5 heteroatoms. The molecule has 0 atom stereocenters. The summed E-state index contributed by atoms with van der Waals surface area (Å²) in [5, 5.41) is 0. The second-order valence-electron chi connectivity index (χ2n) is 5.20. The molecule has 0 amide bonds. The van der Waals surface area contributed by atoms with Gasteiger partial charge in [0.1, 0.15) is 0 Å². The van der Waals surface area contributed by atoms with Crippen molar-refractivity contribution in [2.45, 2.75) is 84.0 Å². The van der Waals surface area contributed by atoms with Crippen LogP contribution in [-0.2, 0) is 27.2 Å². The normalized spacial score (nSPS) is 8.63. The molecule has 0 aliphatic carbocycles. The van der Waals surface area contributed by atoms with Crippen LogP contribution < -0.4 is 0 Å². The van der Waals surface area contributed by atoms with E-state index < -0.39 is 10.1 Å². The van der Waals surface area contributed by atoms with E-state index in [1.807, 2.05) is 0 Å². The fourth-order valence-electron chi connectivity index (χ4n) is 0.592. The summed E-state index contributed by atoms with van der Waals surface area (Å²) in [5.41, 5.74) is 0. The van der Waals surface area contributed by atoms with Crippen molar-refractivity contribution < 1.29 is 30.0 Å². The number of benzene rings is 1. The van der Waals surface area contributed by atoms with E-state index in [9.17, 15) is 8.42 Å². The molecular weight excluding hydrogens is 400 g/mol. The summed E-state index contributed by atoms with van der Waals surface area (Å²) in [4.78, 5) is -0.0741. The number of hydrogen-bond acceptors (Lipinski definition) is 2. The van der Waals surface area contributed by atoms with Crippen molar-refractivity contribution in [3.8, 4) is 0 Å². The van der Waals surface area contributed by atoms with Crippen LogP contribution in [0.5, 0.6) is 0 Å². The van der Waals surface area contributed by atoms with E-state index in [2.05, 4.69) is 55.4 Å². The second-order valence-corrected chi connectivity index (χ2v) is 6.62. The van der Waals surface area contributed by atoms with Crippen LogP contribution in [0.15, 0.2) is 35.2 Å². The molecule has 3 nitrogen and oxygen atoms in total. The first-order valence-electron chi connectivity index (χ1n) is 9.46. The van der Waals surface area contributed by atoms with Crippen LogP contribution in [0, 0.1) is 27.7 Å². The molecule has 0 saturated heterocycles. The fraction of sp³-hybridized carbons (Fsp3) is 0.545. The molecule has 1 aromatic carbocycles. The van der Waals surface area contributed by atoms with Crippen LogP contribution in [-0.4, -0.2) is 13.0 Å². The smallest absolute Gasteiger partial charge is 0.343 e. The molecule has 0 aliphatic rings. The van der Waals surface area contributed by atoms with E-state index in [0.717, 1.165) is 25.7 Å². The Kier molecular flexibility index (Phi) is 46.1. The Hall–Kier alpha value is -0.351. The van der Waals surface area contributed by atoms with E-state index in [-0.39, 0.29) is 22.0 Å². The van der Waals surface area contributed by atoms with Crippen molar-refractivity contribution in [1.82, 2.24) is 0 Å². The summed E-state index contributed by atoms with van der Waals surface area (Å²) in [7, 11) is -4.00. The van der Waals surface area contributed by atoms with Gasteiger partial charge in [0, 0.05) is 0 Å². The van der Waals surface area contributed by atoms with Gasteiger partial charge in [-0.3, -0.25) is 4.55 Å². The first kappa shape index (κ1) is 37.4. The Morgan fingerprint density at radius 3 is 1.04 bits per heavy atom. The first-order valence-corrected chi connectivity index (χ1v) is 10.9. The Bertz CT molecular complexity index is 396. The molecule has 0 aliphatic heterocycles. The Morgan fingerprint density at radius 2 is 0.926 bits per heavy atom. The van der Waals surface area contributed by atoms with Crippen LogP contribution in [0.2, 0.25) is 0 Å². The SMILES string of the molecule is O=S(=O)(O)c1ccccc1.[CH2-]CCC.[CH2-]CCC.[CH2-]CCC.[CH2-]CCC.[Fe+4]. The van der Waals surface area contributed by atoms with Crippen LogP contribution in [0.1, 0.15) is 79.1 Å². The van der Waals surface area contributed by atoms with Gasteiger partial charge in [-0.25, -0.2) is 0 Å². The van der Waals surface area contributed by atoms with Crippen LogP contribution in [0.4, 0.5) is 0 Å². The zero-order valence-corrected chi connectivity index (χ0v) is 19.8. The van der Waals surface area contributed by atoms with Crippen LogP contribution >= 0.6 is 0 Å². The average Bonchev–Trinajstić information content (AvgIpc) is 2.68. The summed E-state index contributed by atoms with van der Waals surface area (Å²) in [6, 6.07) is 7.42. The van der Waals surface area contributed by atoms with Crippen molar-refractivity contribution in [3.63, 3.8) is 0 Å². The maximum Gasteiger partial charge on any atom is 4.00 e. The molecule has 0 unspecified atom stereocenters. The second kappa shape index (κ2) is 33.3. The van der Waals surface area contributed by atoms with Crippen molar-refractivity contribution in [1.29, 1.82) is 0 Å². The summed E-state index contributed by atoms with van der Waals surface area (Å²) in [6.07, 6.45) is 9.11. The quantitative estimate of drug-likeness (QED) is 0.293. The number of unbranched alkanes of at least 4 members (excludes halogenated alkanes) is 4. The molecule has 0 saturated carbocycles. The summed E-state index contributed by atoms with van der Waals surface area (Å²) in [5.74, 6) is 0. The summed E-state index contributed by atoms with van der Waals surface area (Å²) < 4.78 is 29.2. The van der Waals surface area contributed by atoms with E-state index in [0.29, 0.717) is 0 Å². The van der Waals surface area contributed by atoms with E-state index in [4.69, 9.17) is 4.55 Å². The topological polar surface area (TPSA) is 54.4 Å². The molecule has 0 aromatic heterocycles. The van der Waals surface area contributed by atoms with Gasteiger partial charge in [0.25, 0.3) is 10.1 Å². The first-order chi connectivity index (χ1) is 12.3. The van der Waals surface area contributed by atoms with Crippen LogP contribution in [0.3, 0.4) is 0 Å². The standard InChI is InChI=1S/C6H6O3S.4C4H9.Fe/c7-10(8,9)6-4-2-1-3-5-6;4*1-3-4-2;/h1-5H,(H,7,8,9);4*1,3-4H2,2H3;/q;4*-1;+4. The molecule has 0 fully saturated rings. The van der Waals surface area contributed by atoms with E-state index in [1.54, 1.807) is 18.2 Å². The average molecular weight is 442 g/mol. The molecule has 0 radical (unpaired) electrons. The molecular formula is C22H42FeO3S. The Balaban J connectivity index is -0.0000000814. The zero-order chi connectivity index (χ0) is 21.3. The van der Waals surface area contributed by atoms with Gasteiger partial charge < -0.3 is 27.7 Å². The van der Waals surface area contributed by atoms with Gasteiger partial charge in [-0.2, -0.15) is 34.1 Å². The van der Waals surface area contributed by atoms with Crippen LogP contribution in [0.25, 0.3) is 0 Å². The maximum atomic E-state index is 10.4. The van der Waals surface area contributed by atoms with E-state index >= 15 is 0 Å². The van der Waals surface area contributed by atoms with Gasteiger partial charge in [-0.1, -0.05) is 71.6 Å².